The van der Waals surface area contributed by atoms with E-state index in [1.54, 1.807) is 31.0 Å². The van der Waals surface area contributed by atoms with E-state index in [0.29, 0.717) is 27.8 Å². The van der Waals surface area contributed by atoms with Crippen molar-refractivity contribution in [3.63, 3.8) is 0 Å². The van der Waals surface area contributed by atoms with Crippen molar-refractivity contribution in [1.82, 2.24) is 4.98 Å². The molecule has 0 saturated heterocycles. The summed E-state index contributed by atoms with van der Waals surface area (Å²) in [5.74, 6) is 1.51. The zero-order valence-electron chi connectivity index (χ0n) is 14.5. The van der Waals surface area contributed by atoms with Crippen molar-refractivity contribution < 1.29 is 9.53 Å². The third-order valence-corrected chi connectivity index (χ3v) is 6.29. The molecule has 4 nitrogen and oxygen atoms in total. The molecule has 3 aromatic rings. The molecule has 1 amide bonds. The van der Waals surface area contributed by atoms with Crippen LogP contribution in [0.2, 0.25) is 5.02 Å². The fraction of sp³-hybridized carbons (Fsp3) is 0.263. The van der Waals surface area contributed by atoms with E-state index in [1.165, 1.54) is 21.8 Å². The number of nitrogens with zero attached hydrogens (tertiary/aromatic N) is 1. The molecule has 0 unspecified atom stereocenters. The Morgan fingerprint density at radius 3 is 2.77 bits per heavy atom. The van der Waals surface area contributed by atoms with Crippen molar-refractivity contribution in [3.05, 3.63) is 47.0 Å². The van der Waals surface area contributed by atoms with Gasteiger partial charge < -0.3 is 10.1 Å². The lowest BCUT2D eigenvalue weighted by atomic mass is 10.2. The van der Waals surface area contributed by atoms with Crippen LogP contribution in [0.1, 0.15) is 18.4 Å². The molecule has 7 heteroatoms. The highest BCUT2D eigenvalue weighted by Gasteiger charge is 2.13. The van der Waals surface area contributed by atoms with Gasteiger partial charge >= 0.3 is 0 Å². The maximum Gasteiger partial charge on any atom is 0.226 e. The predicted octanol–water partition coefficient (Wildman–Crippen LogP) is 5.78. The van der Waals surface area contributed by atoms with Crippen molar-refractivity contribution in [3.8, 4) is 5.75 Å². The number of thiazole rings is 1. The smallest absolute Gasteiger partial charge is 0.226 e. The largest absolute Gasteiger partial charge is 0.494 e. The first kappa shape index (κ1) is 19.0. The van der Waals surface area contributed by atoms with Gasteiger partial charge in [0.05, 0.1) is 16.8 Å². The quantitative estimate of drug-likeness (QED) is 0.399. The number of aryl methyl sites for hydroxylation is 1. The lowest BCUT2D eigenvalue weighted by molar-refractivity contribution is -0.116. The Hall–Kier alpha value is -1.76. The van der Waals surface area contributed by atoms with Crippen LogP contribution >= 0.6 is 34.7 Å². The molecule has 0 aliphatic heterocycles. The van der Waals surface area contributed by atoms with Crippen molar-refractivity contribution in [1.29, 1.82) is 0 Å². The SMILES string of the molecule is COc1ccc(Cl)c2sc(NC(=O)CCCSc3ccc(C)cc3)nc12. The van der Waals surface area contributed by atoms with Gasteiger partial charge in [0.15, 0.2) is 5.13 Å². The number of thioether (sulfide) groups is 1. The van der Waals surface area contributed by atoms with E-state index in [9.17, 15) is 4.79 Å². The van der Waals surface area contributed by atoms with E-state index in [-0.39, 0.29) is 5.91 Å². The number of halogens is 1. The second-order valence-corrected chi connectivity index (χ2v) is 8.33. The van der Waals surface area contributed by atoms with Crippen LogP contribution in [-0.2, 0) is 4.79 Å². The van der Waals surface area contributed by atoms with Gasteiger partial charge in [0.25, 0.3) is 0 Å². The van der Waals surface area contributed by atoms with E-state index in [2.05, 4.69) is 41.5 Å². The van der Waals surface area contributed by atoms with Crippen LogP contribution in [-0.4, -0.2) is 23.8 Å². The molecule has 136 valence electrons. The van der Waals surface area contributed by atoms with Gasteiger partial charge in [-0.2, -0.15) is 0 Å². The van der Waals surface area contributed by atoms with Gasteiger partial charge in [-0.15, -0.1) is 11.8 Å². The number of anilines is 1. The van der Waals surface area contributed by atoms with Crippen molar-refractivity contribution in [2.45, 2.75) is 24.7 Å². The average Bonchev–Trinajstić information content (AvgIpc) is 3.05. The van der Waals surface area contributed by atoms with Crippen LogP contribution < -0.4 is 10.1 Å². The van der Waals surface area contributed by atoms with Gasteiger partial charge in [-0.1, -0.05) is 40.6 Å². The Bertz CT molecular complexity index is 910. The molecule has 1 N–H and O–H groups in total. The van der Waals surface area contributed by atoms with Crippen LogP contribution in [0, 0.1) is 6.92 Å². The Kier molecular flexibility index (Phi) is 6.40. The van der Waals surface area contributed by atoms with E-state index in [4.69, 9.17) is 16.3 Å². The highest BCUT2D eigenvalue weighted by Crippen LogP contribution is 2.37. The van der Waals surface area contributed by atoms with Crippen molar-refractivity contribution >= 4 is 56.0 Å². The predicted molar refractivity (Wildman–Crippen MR) is 111 cm³/mol. The second kappa shape index (κ2) is 8.75. The number of carbonyl (C=O) groups excluding carboxylic acids is 1. The van der Waals surface area contributed by atoms with Crippen molar-refractivity contribution in [2.75, 3.05) is 18.2 Å². The first-order valence-corrected chi connectivity index (χ1v) is 10.4. The summed E-state index contributed by atoms with van der Waals surface area (Å²) in [6.45, 7) is 2.07. The number of ether oxygens (including phenoxy) is 1. The third-order valence-electron chi connectivity index (χ3n) is 3.76. The number of methoxy groups -OCH3 is 1. The number of aromatic nitrogens is 1. The minimum Gasteiger partial charge on any atom is -0.494 e. The summed E-state index contributed by atoms with van der Waals surface area (Å²) < 4.78 is 6.12. The Morgan fingerprint density at radius 1 is 1.27 bits per heavy atom. The fourth-order valence-electron chi connectivity index (χ4n) is 2.41. The number of carbonyl (C=O) groups is 1. The average molecular weight is 407 g/mol. The zero-order chi connectivity index (χ0) is 18.5. The van der Waals surface area contributed by atoms with Gasteiger partial charge in [0.2, 0.25) is 5.91 Å². The number of nitrogens with one attached hydrogen (secondary N) is 1. The molecule has 0 atom stereocenters. The lowest BCUT2D eigenvalue weighted by Crippen LogP contribution is -2.11. The highest BCUT2D eigenvalue weighted by molar-refractivity contribution is 7.99. The first-order valence-electron chi connectivity index (χ1n) is 8.19. The molecular weight excluding hydrogens is 388 g/mol. The third kappa shape index (κ3) is 4.69. The standard InChI is InChI=1S/C19H19ClN2O2S2/c1-12-5-7-13(8-6-12)25-11-3-4-16(23)21-19-22-17-15(24-2)10-9-14(20)18(17)26-19/h5-10H,3-4,11H2,1-2H3,(H,21,22,23). The molecule has 0 radical (unpaired) electrons. The fourth-order valence-corrected chi connectivity index (χ4v) is 4.43. The Balaban J connectivity index is 1.52. The summed E-state index contributed by atoms with van der Waals surface area (Å²) in [4.78, 5) is 17.8. The van der Waals surface area contributed by atoms with E-state index in [1.807, 2.05) is 0 Å². The molecule has 1 aromatic heterocycles. The summed E-state index contributed by atoms with van der Waals surface area (Å²) in [7, 11) is 1.59. The number of benzene rings is 2. The second-order valence-electron chi connectivity index (χ2n) is 5.76. The molecule has 26 heavy (non-hydrogen) atoms. The van der Waals surface area contributed by atoms with Crippen LogP contribution in [0.5, 0.6) is 5.75 Å². The molecular formula is C19H19ClN2O2S2. The summed E-state index contributed by atoms with van der Waals surface area (Å²) in [5, 5.41) is 4.01. The number of hydrogen-bond acceptors (Lipinski definition) is 5. The maximum absolute atomic E-state index is 12.2. The van der Waals surface area contributed by atoms with Crippen molar-refractivity contribution in [2.24, 2.45) is 0 Å². The summed E-state index contributed by atoms with van der Waals surface area (Å²) >= 11 is 9.33. The number of amides is 1. The minimum atomic E-state index is -0.0383. The molecule has 0 spiro atoms. The highest BCUT2D eigenvalue weighted by atomic mass is 35.5. The van der Waals surface area contributed by atoms with Crippen LogP contribution in [0.3, 0.4) is 0 Å². The topological polar surface area (TPSA) is 51.2 Å². The molecule has 0 saturated carbocycles. The molecule has 0 fully saturated rings. The monoisotopic (exact) mass is 406 g/mol. The molecule has 0 aliphatic carbocycles. The van der Waals surface area contributed by atoms with E-state index in [0.717, 1.165) is 16.9 Å². The van der Waals surface area contributed by atoms with Gasteiger partial charge in [0, 0.05) is 11.3 Å². The Labute approximate surface area is 165 Å². The lowest BCUT2D eigenvalue weighted by Gasteiger charge is -2.03. The summed E-state index contributed by atoms with van der Waals surface area (Å²) in [5.41, 5.74) is 1.93. The number of fused-ring (bicyclic) bond motifs is 1. The van der Waals surface area contributed by atoms with Crippen LogP contribution in [0.4, 0.5) is 5.13 Å². The Morgan fingerprint density at radius 2 is 2.04 bits per heavy atom. The van der Waals surface area contributed by atoms with Crippen LogP contribution in [0.15, 0.2) is 41.3 Å². The molecule has 1 heterocycles. The van der Waals surface area contributed by atoms with Gasteiger partial charge in [-0.3, -0.25) is 4.79 Å². The minimum absolute atomic E-state index is 0.0383. The summed E-state index contributed by atoms with van der Waals surface area (Å²) in [6.07, 6.45) is 1.26. The number of rotatable bonds is 7. The summed E-state index contributed by atoms with van der Waals surface area (Å²) in [6, 6.07) is 12.0. The normalized spacial score (nSPS) is 10.9. The molecule has 3 rings (SSSR count). The van der Waals surface area contributed by atoms with Gasteiger partial charge in [0.1, 0.15) is 11.3 Å². The van der Waals surface area contributed by atoms with E-state index < -0.39 is 0 Å². The van der Waals surface area contributed by atoms with Gasteiger partial charge in [-0.25, -0.2) is 4.98 Å². The molecule has 2 aromatic carbocycles. The van der Waals surface area contributed by atoms with E-state index >= 15 is 0 Å². The molecule has 0 bridgehead atoms. The first-order chi connectivity index (χ1) is 12.6. The number of hydrogen-bond donors (Lipinski definition) is 1. The maximum atomic E-state index is 12.2. The van der Waals surface area contributed by atoms with Gasteiger partial charge in [-0.05, 0) is 43.4 Å². The molecule has 0 aliphatic rings. The zero-order valence-corrected chi connectivity index (χ0v) is 16.9. The van der Waals surface area contributed by atoms with Crippen LogP contribution in [0.25, 0.3) is 10.2 Å².